The highest BCUT2D eigenvalue weighted by atomic mass is 16.5. The quantitative estimate of drug-likeness (QED) is 0.306. The van der Waals surface area contributed by atoms with Crippen molar-refractivity contribution in [3.63, 3.8) is 0 Å². The Kier molecular flexibility index (Phi) is 10.9. The van der Waals surface area contributed by atoms with Gasteiger partial charge in [0.2, 0.25) is 0 Å². The number of anilines is 1. The van der Waals surface area contributed by atoms with Gasteiger partial charge in [0.25, 0.3) is 0 Å². The summed E-state index contributed by atoms with van der Waals surface area (Å²) in [7, 11) is 1.68. The van der Waals surface area contributed by atoms with Crippen LogP contribution in [0.25, 0.3) is 0 Å². The van der Waals surface area contributed by atoms with Crippen LogP contribution in [0.3, 0.4) is 0 Å². The van der Waals surface area contributed by atoms with E-state index in [4.69, 9.17) is 23.9 Å². The molecule has 180 valence electrons. The molecule has 0 aliphatic carbocycles. The van der Waals surface area contributed by atoms with Crippen molar-refractivity contribution in [2.45, 2.75) is 45.1 Å². The standard InChI is InChI=1S/C24H40N4O4/c1-20-7-3-4-12-28(20)13-11-26-24(25-10-5-14-30-18-17-29-2)27-21-8-9-22-23(19-21)32-16-6-15-31-22/h8-9,19-20H,3-7,10-18H2,1-2H3,(H2,25,26,27). The summed E-state index contributed by atoms with van der Waals surface area (Å²) < 4.78 is 22.1. The van der Waals surface area contributed by atoms with Crippen molar-refractivity contribution >= 4 is 11.6 Å². The van der Waals surface area contributed by atoms with E-state index in [1.54, 1.807) is 7.11 Å². The number of rotatable bonds is 11. The van der Waals surface area contributed by atoms with Crippen LogP contribution in [-0.2, 0) is 9.47 Å². The molecule has 8 nitrogen and oxygen atoms in total. The molecule has 0 radical (unpaired) electrons. The Balaban J connectivity index is 1.54. The first-order valence-electron chi connectivity index (χ1n) is 12.0. The number of ether oxygens (including phenoxy) is 4. The number of hydrogen-bond acceptors (Lipinski definition) is 6. The lowest BCUT2D eigenvalue weighted by Gasteiger charge is -2.33. The van der Waals surface area contributed by atoms with Gasteiger partial charge >= 0.3 is 0 Å². The van der Waals surface area contributed by atoms with Crippen molar-refractivity contribution in [2.75, 3.05) is 71.6 Å². The summed E-state index contributed by atoms with van der Waals surface area (Å²) in [4.78, 5) is 7.32. The number of piperidine rings is 1. The van der Waals surface area contributed by atoms with E-state index in [9.17, 15) is 0 Å². The zero-order chi connectivity index (χ0) is 22.4. The molecule has 1 aromatic carbocycles. The maximum absolute atomic E-state index is 5.83. The molecule has 1 fully saturated rings. The van der Waals surface area contributed by atoms with E-state index in [0.29, 0.717) is 45.6 Å². The minimum absolute atomic E-state index is 0.620. The molecule has 0 spiro atoms. The van der Waals surface area contributed by atoms with Gasteiger partial charge in [-0.1, -0.05) is 6.42 Å². The molecule has 0 saturated carbocycles. The Bertz CT molecular complexity index is 701. The molecule has 1 atom stereocenters. The first-order chi connectivity index (χ1) is 15.8. The largest absolute Gasteiger partial charge is 0.490 e. The molecule has 2 aliphatic heterocycles. The minimum Gasteiger partial charge on any atom is -0.490 e. The van der Waals surface area contributed by atoms with Crippen LogP contribution in [0.4, 0.5) is 5.69 Å². The maximum Gasteiger partial charge on any atom is 0.195 e. The Labute approximate surface area is 192 Å². The Hall–Kier alpha value is -2.03. The lowest BCUT2D eigenvalue weighted by atomic mass is 10.0. The van der Waals surface area contributed by atoms with Crippen molar-refractivity contribution in [1.82, 2.24) is 10.2 Å². The van der Waals surface area contributed by atoms with Crippen molar-refractivity contribution < 1.29 is 18.9 Å². The van der Waals surface area contributed by atoms with Crippen molar-refractivity contribution in [3.05, 3.63) is 18.2 Å². The van der Waals surface area contributed by atoms with Gasteiger partial charge in [-0.3, -0.25) is 9.89 Å². The monoisotopic (exact) mass is 448 g/mol. The number of fused-ring (bicyclic) bond motifs is 1. The third kappa shape index (κ3) is 8.48. The molecule has 8 heteroatoms. The van der Waals surface area contributed by atoms with Gasteiger partial charge in [-0.15, -0.1) is 0 Å². The first kappa shape index (κ1) is 24.6. The number of methoxy groups -OCH3 is 1. The summed E-state index contributed by atoms with van der Waals surface area (Å²) in [6.07, 6.45) is 5.69. The normalized spacial score (nSPS) is 19.4. The second kappa shape index (κ2) is 14.2. The summed E-state index contributed by atoms with van der Waals surface area (Å²) in [5, 5.41) is 6.94. The molecule has 0 aromatic heterocycles. The third-order valence-electron chi connectivity index (χ3n) is 5.79. The number of benzene rings is 1. The van der Waals surface area contributed by atoms with Gasteiger partial charge in [0.05, 0.1) is 26.4 Å². The lowest BCUT2D eigenvalue weighted by Crippen LogP contribution is -2.43. The molecule has 2 N–H and O–H groups in total. The molecule has 0 bridgehead atoms. The Morgan fingerprint density at radius 1 is 1.12 bits per heavy atom. The lowest BCUT2D eigenvalue weighted by molar-refractivity contribution is 0.0702. The van der Waals surface area contributed by atoms with Gasteiger partial charge < -0.3 is 29.6 Å². The van der Waals surface area contributed by atoms with Crippen molar-refractivity contribution in [3.8, 4) is 11.5 Å². The number of nitrogens with one attached hydrogen (secondary N) is 2. The molecular weight excluding hydrogens is 408 g/mol. The van der Waals surface area contributed by atoms with E-state index < -0.39 is 0 Å². The van der Waals surface area contributed by atoms with Crippen LogP contribution in [0, 0.1) is 0 Å². The number of likely N-dealkylation sites (tertiary alicyclic amines) is 1. The van der Waals surface area contributed by atoms with Crippen LogP contribution in [0.1, 0.15) is 39.0 Å². The van der Waals surface area contributed by atoms with Gasteiger partial charge in [0.15, 0.2) is 17.5 Å². The van der Waals surface area contributed by atoms with Gasteiger partial charge in [0, 0.05) is 57.6 Å². The smallest absolute Gasteiger partial charge is 0.195 e. The van der Waals surface area contributed by atoms with E-state index in [1.165, 1.54) is 25.8 Å². The SMILES string of the molecule is COCCOCCCN=C(NCCN1CCCCC1C)Nc1ccc2c(c1)OCCCO2. The fourth-order valence-corrected chi connectivity index (χ4v) is 3.93. The van der Waals surface area contributed by atoms with Gasteiger partial charge in [0.1, 0.15) is 0 Å². The molecule has 32 heavy (non-hydrogen) atoms. The molecule has 1 saturated heterocycles. The highest BCUT2D eigenvalue weighted by Gasteiger charge is 2.17. The van der Waals surface area contributed by atoms with Crippen LogP contribution in [0.5, 0.6) is 11.5 Å². The van der Waals surface area contributed by atoms with E-state index in [2.05, 4.69) is 22.5 Å². The zero-order valence-corrected chi connectivity index (χ0v) is 19.7. The van der Waals surface area contributed by atoms with Crippen LogP contribution >= 0.6 is 0 Å². The molecule has 0 amide bonds. The average molecular weight is 449 g/mol. The Morgan fingerprint density at radius 3 is 2.84 bits per heavy atom. The maximum atomic E-state index is 5.83. The highest BCUT2D eigenvalue weighted by Crippen LogP contribution is 2.32. The first-order valence-corrected chi connectivity index (χ1v) is 12.0. The molecule has 2 heterocycles. The predicted molar refractivity (Wildman–Crippen MR) is 128 cm³/mol. The van der Waals surface area contributed by atoms with Crippen molar-refractivity contribution in [1.29, 1.82) is 0 Å². The predicted octanol–water partition coefficient (Wildman–Crippen LogP) is 3.13. The van der Waals surface area contributed by atoms with Gasteiger partial charge in [-0.05, 0) is 44.9 Å². The van der Waals surface area contributed by atoms with E-state index in [1.807, 2.05) is 18.2 Å². The third-order valence-corrected chi connectivity index (χ3v) is 5.79. The second-order valence-electron chi connectivity index (χ2n) is 8.33. The summed E-state index contributed by atoms with van der Waals surface area (Å²) >= 11 is 0. The Morgan fingerprint density at radius 2 is 2.00 bits per heavy atom. The van der Waals surface area contributed by atoms with E-state index in [-0.39, 0.29) is 0 Å². The molecule has 1 unspecified atom stereocenters. The fraction of sp³-hybridized carbons (Fsp3) is 0.708. The summed E-state index contributed by atoms with van der Waals surface area (Å²) in [6.45, 7) is 9.35. The topological polar surface area (TPSA) is 76.6 Å². The molecule has 1 aromatic rings. The van der Waals surface area contributed by atoms with Gasteiger partial charge in [-0.2, -0.15) is 0 Å². The van der Waals surface area contributed by atoms with Crippen LogP contribution in [-0.4, -0.2) is 83.2 Å². The van der Waals surface area contributed by atoms with E-state index in [0.717, 1.165) is 49.1 Å². The molecular formula is C24H40N4O4. The average Bonchev–Trinajstić information content (AvgIpc) is 3.04. The summed E-state index contributed by atoms with van der Waals surface area (Å²) in [5.74, 6) is 2.35. The second-order valence-corrected chi connectivity index (χ2v) is 8.33. The highest BCUT2D eigenvalue weighted by molar-refractivity contribution is 5.94. The van der Waals surface area contributed by atoms with Crippen molar-refractivity contribution in [2.24, 2.45) is 4.99 Å². The van der Waals surface area contributed by atoms with E-state index >= 15 is 0 Å². The minimum atomic E-state index is 0.620. The number of hydrogen-bond donors (Lipinski definition) is 2. The number of aliphatic imine (C=N–C) groups is 1. The number of nitrogens with zero attached hydrogens (tertiary/aromatic N) is 2. The summed E-state index contributed by atoms with van der Waals surface area (Å²) in [6, 6.07) is 6.61. The zero-order valence-electron chi connectivity index (χ0n) is 19.7. The molecule has 2 aliphatic rings. The summed E-state index contributed by atoms with van der Waals surface area (Å²) in [5.41, 5.74) is 0.934. The number of guanidine groups is 1. The fourth-order valence-electron chi connectivity index (χ4n) is 3.93. The molecule has 3 rings (SSSR count). The van der Waals surface area contributed by atoms with Crippen LogP contribution in [0.2, 0.25) is 0 Å². The van der Waals surface area contributed by atoms with Crippen LogP contribution in [0.15, 0.2) is 23.2 Å². The van der Waals surface area contributed by atoms with Gasteiger partial charge in [-0.25, -0.2) is 0 Å². The van der Waals surface area contributed by atoms with Crippen LogP contribution < -0.4 is 20.1 Å².